The second-order valence-electron chi connectivity index (χ2n) is 11.1. The standard InChI is InChI=1S/C42H30N2/c1-2-8-30(9-3-1)33-18-24-36(25-19-33)43-37-26-20-34(21-27-37)31-14-16-32(17-15-31)35-22-28-38(29-23-35)44-41-12-6-4-10-39(41)40-11-5-7-13-42(40)44/h1-29,43H. The molecular weight excluding hydrogens is 532 g/mol. The van der Waals surface area contributed by atoms with E-state index in [9.17, 15) is 0 Å². The fourth-order valence-corrected chi connectivity index (χ4v) is 6.15. The Hall–Kier alpha value is -5.86. The molecule has 0 radical (unpaired) electrons. The highest BCUT2D eigenvalue weighted by molar-refractivity contribution is 6.09. The Morgan fingerprint density at radius 3 is 1.09 bits per heavy atom. The van der Waals surface area contributed by atoms with E-state index in [0.717, 1.165) is 11.4 Å². The van der Waals surface area contributed by atoms with Crippen molar-refractivity contribution in [2.45, 2.75) is 0 Å². The Labute approximate surface area is 257 Å². The van der Waals surface area contributed by atoms with Gasteiger partial charge in [0.2, 0.25) is 0 Å². The van der Waals surface area contributed by atoms with Gasteiger partial charge in [-0.05, 0) is 81.9 Å². The first-order valence-electron chi connectivity index (χ1n) is 15.0. The number of anilines is 2. The molecule has 0 atom stereocenters. The Bertz CT molecular complexity index is 2140. The maximum absolute atomic E-state index is 3.52. The van der Waals surface area contributed by atoms with E-state index in [0.29, 0.717) is 0 Å². The topological polar surface area (TPSA) is 17.0 Å². The fourth-order valence-electron chi connectivity index (χ4n) is 6.15. The third-order valence-electron chi connectivity index (χ3n) is 8.42. The van der Waals surface area contributed by atoms with Crippen molar-refractivity contribution in [1.29, 1.82) is 0 Å². The van der Waals surface area contributed by atoms with Crippen LogP contribution in [0.15, 0.2) is 176 Å². The zero-order valence-electron chi connectivity index (χ0n) is 24.2. The minimum atomic E-state index is 1.07. The van der Waals surface area contributed by atoms with Crippen molar-refractivity contribution in [1.82, 2.24) is 4.57 Å². The minimum Gasteiger partial charge on any atom is -0.356 e. The number of hydrogen-bond acceptors (Lipinski definition) is 1. The van der Waals surface area contributed by atoms with E-state index >= 15 is 0 Å². The van der Waals surface area contributed by atoms with Crippen LogP contribution < -0.4 is 5.32 Å². The molecule has 0 aliphatic heterocycles. The van der Waals surface area contributed by atoms with Crippen LogP contribution in [0.4, 0.5) is 11.4 Å². The first-order valence-corrected chi connectivity index (χ1v) is 15.0. The van der Waals surface area contributed by atoms with Crippen molar-refractivity contribution in [3.63, 3.8) is 0 Å². The van der Waals surface area contributed by atoms with E-state index in [2.05, 4.69) is 180 Å². The van der Waals surface area contributed by atoms with Crippen molar-refractivity contribution in [3.8, 4) is 39.1 Å². The van der Waals surface area contributed by atoms with Crippen LogP contribution in [-0.4, -0.2) is 4.57 Å². The summed E-state index contributed by atoms with van der Waals surface area (Å²) in [5.41, 5.74) is 13.0. The van der Waals surface area contributed by atoms with Gasteiger partial charge in [0.25, 0.3) is 0 Å². The van der Waals surface area contributed by atoms with Crippen molar-refractivity contribution in [2.75, 3.05) is 5.32 Å². The number of rotatable bonds is 6. The van der Waals surface area contributed by atoms with Gasteiger partial charge in [-0.15, -0.1) is 0 Å². The molecule has 8 rings (SSSR count). The van der Waals surface area contributed by atoms with E-state index in [4.69, 9.17) is 0 Å². The Morgan fingerprint density at radius 1 is 0.295 bits per heavy atom. The van der Waals surface area contributed by atoms with Gasteiger partial charge in [-0.25, -0.2) is 0 Å². The maximum atomic E-state index is 3.52. The van der Waals surface area contributed by atoms with Crippen LogP contribution in [0.5, 0.6) is 0 Å². The number of aromatic nitrogens is 1. The predicted octanol–water partition coefficient (Wildman–Crippen LogP) is 11.5. The zero-order valence-corrected chi connectivity index (χ0v) is 24.2. The van der Waals surface area contributed by atoms with Crippen molar-refractivity contribution >= 4 is 33.2 Å². The van der Waals surface area contributed by atoms with Crippen LogP contribution in [0.3, 0.4) is 0 Å². The van der Waals surface area contributed by atoms with E-state index in [1.54, 1.807) is 0 Å². The Kier molecular flexibility index (Phi) is 6.51. The number of nitrogens with one attached hydrogen (secondary N) is 1. The molecule has 0 amide bonds. The molecule has 0 unspecified atom stereocenters. The molecule has 208 valence electrons. The lowest BCUT2D eigenvalue weighted by Gasteiger charge is -2.11. The molecule has 7 aromatic carbocycles. The lowest BCUT2D eigenvalue weighted by molar-refractivity contribution is 1.18. The summed E-state index contributed by atoms with van der Waals surface area (Å²) < 4.78 is 2.36. The summed E-state index contributed by atoms with van der Waals surface area (Å²) in [4.78, 5) is 0. The van der Waals surface area contributed by atoms with Crippen LogP contribution in [0.25, 0.3) is 60.9 Å². The molecule has 8 aromatic rings. The van der Waals surface area contributed by atoms with Gasteiger partial charge in [-0.2, -0.15) is 0 Å². The summed E-state index contributed by atoms with van der Waals surface area (Å²) >= 11 is 0. The number of fused-ring (bicyclic) bond motifs is 3. The second-order valence-corrected chi connectivity index (χ2v) is 11.1. The number of benzene rings is 7. The normalized spacial score (nSPS) is 11.2. The molecule has 44 heavy (non-hydrogen) atoms. The molecular formula is C42H30N2. The summed E-state index contributed by atoms with van der Waals surface area (Å²) in [6.45, 7) is 0. The average Bonchev–Trinajstić information content (AvgIpc) is 3.44. The Morgan fingerprint density at radius 2 is 0.636 bits per heavy atom. The highest BCUT2D eigenvalue weighted by atomic mass is 15.0. The number of para-hydroxylation sites is 2. The highest BCUT2D eigenvalue weighted by Gasteiger charge is 2.11. The lowest BCUT2D eigenvalue weighted by atomic mass is 10.00. The molecule has 0 bridgehead atoms. The molecule has 0 saturated heterocycles. The predicted molar refractivity (Wildman–Crippen MR) is 187 cm³/mol. The quantitative estimate of drug-likeness (QED) is 0.213. The monoisotopic (exact) mass is 562 g/mol. The van der Waals surface area contributed by atoms with Gasteiger partial charge in [0, 0.05) is 27.8 Å². The SMILES string of the molecule is c1ccc(-c2ccc(Nc3ccc(-c4ccc(-c5ccc(-n6c7ccccc7c7ccccc76)cc5)cc4)cc3)cc2)cc1. The minimum absolute atomic E-state index is 1.07. The fraction of sp³-hybridized carbons (Fsp3) is 0. The van der Waals surface area contributed by atoms with E-state index < -0.39 is 0 Å². The molecule has 2 nitrogen and oxygen atoms in total. The molecule has 0 aliphatic carbocycles. The first kappa shape index (κ1) is 25.8. The summed E-state index contributed by atoms with van der Waals surface area (Å²) in [5, 5.41) is 6.09. The third-order valence-corrected chi connectivity index (χ3v) is 8.42. The van der Waals surface area contributed by atoms with Crippen LogP contribution in [0.2, 0.25) is 0 Å². The number of hydrogen-bond donors (Lipinski definition) is 1. The average molecular weight is 563 g/mol. The van der Waals surface area contributed by atoms with Gasteiger partial charge in [0.15, 0.2) is 0 Å². The molecule has 0 spiro atoms. The van der Waals surface area contributed by atoms with Gasteiger partial charge in [-0.1, -0.05) is 127 Å². The summed E-state index contributed by atoms with van der Waals surface area (Å²) in [7, 11) is 0. The first-order chi connectivity index (χ1) is 21.8. The van der Waals surface area contributed by atoms with Gasteiger partial charge in [-0.3, -0.25) is 0 Å². The summed E-state index contributed by atoms with van der Waals surface area (Å²) in [6.07, 6.45) is 0. The molecule has 2 heteroatoms. The molecule has 0 saturated carbocycles. The van der Waals surface area contributed by atoms with E-state index in [1.165, 1.54) is 60.9 Å². The van der Waals surface area contributed by atoms with Crippen molar-refractivity contribution < 1.29 is 0 Å². The molecule has 1 N–H and O–H groups in total. The zero-order chi connectivity index (χ0) is 29.3. The molecule has 0 fully saturated rings. The van der Waals surface area contributed by atoms with Crippen LogP contribution in [0.1, 0.15) is 0 Å². The highest BCUT2D eigenvalue weighted by Crippen LogP contribution is 2.33. The largest absolute Gasteiger partial charge is 0.356 e. The lowest BCUT2D eigenvalue weighted by Crippen LogP contribution is -1.93. The third kappa shape index (κ3) is 4.83. The van der Waals surface area contributed by atoms with Crippen LogP contribution in [0, 0.1) is 0 Å². The summed E-state index contributed by atoms with van der Waals surface area (Å²) in [6, 6.07) is 62.7. The van der Waals surface area contributed by atoms with Crippen LogP contribution in [-0.2, 0) is 0 Å². The van der Waals surface area contributed by atoms with Crippen molar-refractivity contribution in [2.24, 2.45) is 0 Å². The smallest absolute Gasteiger partial charge is 0.0541 e. The van der Waals surface area contributed by atoms with E-state index in [-0.39, 0.29) is 0 Å². The van der Waals surface area contributed by atoms with Gasteiger partial charge in [0.05, 0.1) is 11.0 Å². The molecule has 1 heterocycles. The van der Waals surface area contributed by atoms with Gasteiger partial charge >= 0.3 is 0 Å². The van der Waals surface area contributed by atoms with Crippen molar-refractivity contribution in [3.05, 3.63) is 176 Å². The molecule has 0 aliphatic rings. The second kappa shape index (κ2) is 11.1. The van der Waals surface area contributed by atoms with Gasteiger partial charge in [0.1, 0.15) is 0 Å². The maximum Gasteiger partial charge on any atom is 0.0541 e. The Balaban J connectivity index is 0.983. The number of nitrogens with zero attached hydrogens (tertiary/aromatic N) is 1. The van der Waals surface area contributed by atoms with Crippen LogP contribution >= 0.6 is 0 Å². The summed E-state index contributed by atoms with van der Waals surface area (Å²) in [5.74, 6) is 0. The van der Waals surface area contributed by atoms with E-state index in [1.807, 2.05) is 6.07 Å². The molecule has 1 aromatic heterocycles. The van der Waals surface area contributed by atoms with Gasteiger partial charge < -0.3 is 9.88 Å².